The van der Waals surface area contributed by atoms with Crippen LogP contribution in [0.4, 0.5) is 10.6 Å². The largest absolute Gasteiger partial charge is 0.353 e. The van der Waals surface area contributed by atoms with E-state index in [-0.39, 0.29) is 23.9 Å². The van der Waals surface area contributed by atoms with Gasteiger partial charge < -0.3 is 20.4 Å². The van der Waals surface area contributed by atoms with Crippen LogP contribution in [0.15, 0.2) is 18.3 Å². The molecule has 0 aliphatic carbocycles. The van der Waals surface area contributed by atoms with Crippen LogP contribution in [0, 0.1) is 5.92 Å². The highest BCUT2D eigenvalue weighted by Gasteiger charge is 2.36. The summed E-state index contributed by atoms with van der Waals surface area (Å²) in [7, 11) is 0. The summed E-state index contributed by atoms with van der Waals surface area (Å²) in [5.41, 5.74) is 0. The van der Waals surface area contributed by atoms with Gasteiger partial charge in [0.2, 0.25) is 5.91 Å². The average Bonchev–Trinajstić information content (AvgIpc) is 3.02. The van der Waals surface area contributed by atoms with E-state index in [0.29, 0.717) is 24.7 Å². The first kappa shape index (κ1) is 17.8. The van der Waals surface area contributed by atoms with Gasteiger partial charge in [0.05, 0.1) is 5.02 Å². The molecule has 8 heteroatoms. The molecule has 3 rings (SSSR count). The Morgan fingerprint density at radius 2 is 2.24 bits per heavy atom. The van der Waals surface area contributed by atoms with E-state index in [1.165, 1.54) is 0 Å². The molecule has 0 spiro atoms. The molecule has 2 fully saturated rings. The first-order valence-corrected chi connectivity index (χ1v) is 9.05. The van der Waals surface area contributed by atoms with Crippen molar-refractivity contribution in [2.75, 3.05) is 31.1 Å². The van der Waals surface area contributed by atoms with Crippen molar-refractivity contribution in [2.45, 2.75) is 32.4 Å². The fraction of sp³-hybridized carbons (Fsp3) is 0.588. The molecule has 136 valence electrons. The maximum absolute atomic E-state index is 12.7. The zero-order chi connectivity index (χ0) is 18.0. The molecule has 2 atom stereocenters. The second-order valence-electron chi connectivity index (χ2n) is 6.86. The smallest absolute Gasteiger partial charge is 0.318 e. The molecule has 0 saturated carbocycles. The SMILES string of the molecule is CC(C)C1C(=O)NCCN1C(=O)NC1CCN(c2ncccc2Cl)C1. The molecule has 0 aromatic carbocycles. The molecular weight excluding hydrogens is 342 g/mol. The number of halogens is 1. The van der Waals surface area contributed by atoms with Crippen molar-refractivity contribution in [2.24, 2.45) is 5.92 Å². The van der Waals surface area contributed by atoms with Crippen molar-refractivity contribution >= 4 is 29.4 Å². The molecule has 2 saturated heterocycles. The maximum atomic E-state index is 12.7. The Hall–Kier alpha value is -2.02. The Morgan fingerprint density at radius 1 is 1.44 bits per heavy atom. The summed E-state index contributed by atoms with van der Waals surface area (Å²) in [6, 6.07) is 3.04. The molecule has 3 amide bonds. The first-order valence-electron chi connectivity index (χ1n) is 8.67. The van der Waals surface area contributed by atoms with Crippen LogP contribution in [0.5, 0.6) is 0 Å². The van der Waals surface area contributed by atoms with E-state index in [1.807, 2.05) is 19.9 Å². The molecule has 25 heavy (non-hydrogen) atoms. The van der Waals surface area contributed by atoms with Gasteiger partial charge in [0, 0.05) is 38.4 Å². The van der Waals surface area contributed by atoms with Gasteiger partial charge in [-0.05, 0) is 24.5 Å². The molecule has 1 aromatic heterocycles. The molecule has 0 radical (unpaired) electrons. The number of piperazine rings is 1. The van der Waals surface area contributed by atoms with E-state index >= 15 is 0 Å². The molecule has 7 nitrogen and oxygen atoms in total. The minimum absolute atomic E-state index is 0.0170. The Labute approximate surface area is 152 Å². The number of hydrogen-bond acceptors (Lipinski definition) is 4. The second-order valence-corrected chi connectivity index (χ2v) is 7.27. The third-order valence-electron chi connectivity index (χ3n) is 4.70. The quantitative estimate of drug-likeness (QED) is 0.850. The summed E-state index contributed by atoms with van der Waals surface area (Å²) in [5, 5.41) is 6.52. The third kappa shape index (κ3) is 3.81. The number of hydrogen-bond donors (Lipinski definition) is 2. The summed E-state index contributed by atoms with van der Waals surface area (Å²) < 4.78 is 0. The minimum Gasteiger partial charge on any atom is -0.353 e. The van der Waals surface area contributed by atoms with E-state index in [4.69, 9.17) is 11.6 Å². The summed E-state index contributed by atoms with van der Waals surface area (Å²) in [6.07, 6.45) is 2.54. The van der Waals surface area contributed by atoms with E-state index < -0.39 is 6.04 Å². The van der Waals surface area contributed by atoms with Crippen LogP contribution in [0.1, 0.15) is 20.3 Å². The van der Waals surface area contributed by atoms with Crippen molar-refractivity contribution < 1.29 is 9.59 Å². The van der Waals surface area contributed by atoms with Gasteiger partial charge in [-0.2, -0.15) is 0 Å². The van der Waals surface area contributed by atoms with Crippen LogP contribution in [0.3, 0.4) is 0 Å². The van der Waals surface area contributed by atoms with Crippen LogP contribution in [-0.4, -0.2) is 60.1 Å². The fourth-order valence-electron chi connectivity index (χ4n) is 3.51. The van der Waals surface area contributed by atoms with Gasteiger partial charge in [-0.25, -0.2) is 9.78 Å². The second kappa shape index (κ2) is 7.47. The molecule has 2 aliphatic rings. The zero-order valence-corrected chi connectivity index (χ0v) is 15.3. The van der Waals surface area contributed by atoms with Crippen LogP contribution in [-0.2, 0) is 4.79 Å². The lowest BCUT2D eigenvalue weighted by Crippen LogP contribution is -2.62. The van der Waals surface area contributed by atoms with Crippen LogP contribution < -0.4 is 15.5 Å². The number of carbonyl (C=O) groups is 2. The standard InChI is InChI=1S/C17H24ClN5O2/c1-11(2)14-16(24)20-7-9-23(14)17(25)21-12-5-8-22(10-12)15-13(18)4-3-6-19-15/h3-4,6,11-12,14H,5,7-10H2,1-2H3,(H,20,24)(H,21,25). The predicted molar refractivity (Wildman–Crippen MR) is 96.7 cm³/mol. The van der Waals surface area contributed by atoms with Gasteiger partial charge in [-0.1, -0.05) is 25.4 Å². The van der Waals surface area contributed by atoms with Gasteiger partial charge in [-0.3, -0.25) is 4.79 Å². The Bertz CT molecular complexity index is 654. The third-order valence-corrected chi connectivity index (χ3v) is 5.00. The minimum atomic E-state index is -0.420. The van der Waals surface area contributed by atoms with Gasteiger partial charge in [0.1, 0.15) is 11.9 Å². The van der Waals surface area contributed by atoms with E-state index in [2.05, 4.69) is 20.5 Å². The Morgan fingerprint density at radius 3 is 2.96 bits per heavy atom. The first-order chi connectivity index (χ1) is 12.0. The molecule has 2 N–H and O–H groups in total. The highest BCUT2D eigenvalue weighted by Crippen LogP contribution is 2.26. The maximum Gasteiger partial charge on any atom is 0.318 e. The van der Waals surface area contributed by atoms with Crippen LogP contribution in [0.2, 0.25) is 5.02 Å². The Balaban J connectivity index is 1.62. The lowest BCUT2D eigenvalue weighted by Gasteiger charge is -2.37. The van der Waals surface area contributed by atoms with Gasteiger partial charge in [0.25, 0.3) is 0 Å². The van der Waals surface area contributed by atoms with Crippen molar-refractivity contribution in [3.8, 4) is 0 Å². The summed E-state index contributed by atoms with van der Waals surface area (Å²) in [6.45, 7) is 6.38. The van der Waals surface area contributed by atoms with Crippen molar-refractivity contribution in [3.05, 3.63) is 23.4 Å². The average molecular weight is 366 g/mol. The van der Waals surface area contributed by atoms with Crippen LogP contribution >= 0.6 is 11.6 Å². The molecule has 2 unspecified atom stereocenters. The van der Waals surface area contributed by atoms with Crippen molar-refractivity contribution in [1.82, 2.24) is 20.5 Å². The number of amides is 3. The molecule has 1 aromatic rings. The number of pyridine rings is 1. The number of rotatable bonds is 3. The topological polar surface area (TPSA) is 77.6 Å². The summed E-state index contributed by atoms with van der Waals surface area (Å²) in [5.74, 6) is 0.737. The van der Waals surface area contributed by atoms with E-state index in [0.717, 1.165) is 18.8 Å². The summed E-state index contributed by atoms with van der Waals surface area (Å²) in [4.78, 5) is 32.9. The monoisotopic (exact) mass is 365 g/mol. The Kier molecular flexibility index (Phi) is 5.32. The van der Waals surface area contributed by atoms with E-state index in [9.17, 15) is 9.59 Å². The number of anilines is 1. The number of nitrogens with one attached hydrogen (secondary N) is 2. The molecular formula is C17H24ClN5O2. The van der Waals surface area contributed by atoms with Gasteiger partial charge in [0.15, 0.2) is 0 Å². The number of urea groups is 1. The molecule has 0 bridgehead atoms. The van der Waals surface area contributed by atoms with E-state index in [1.54, 1.807) is 17.2 Å². The number of carbonyl (C=O) groups excluding carboxylic acids is 2. The van der Waals surface area contributed by atoms with Crippen molar-refractivity contribution in [3.63, 3.8) is 0 Å². The summed E-state index contributed by atoms with van der Waals surface area (Å²) >= 11 is 6.21. The number of nitrogens with zero attached hydrogens (tertiary/aromatic N) is 3. The zero-order valence-electron chi connectivity index (χ0n) is 14.5. The fourth-order valence-corrected chi connectivity index (χ4v) is 3.75. The van der Waals surface area contributed by atoms with Gasteiger partial charge >= 0.3 is 6.03 Å². The highest BCUT2D eigenvalue weighted by atomic mass is 35.5. The van der Waals surface area contributed by atoms with Crippen LogP contribution in [0.25, 0.3) is 0 Å². The van der Waals surface area contributed by atoms with Crippen molar-refractivity contribution in [1.29, 1.82) is 0 Å². The predicted octanol–water partition coefficient (Wildman–Crippen LogP) is 1.48. The lowest BCUT2D eigenvalue weighted by molar-refractivity contribution is -0.129. The normalized spacial score (nSPS) is 23.8. The molecule has 3 heterocycles. The van der Waals surface area contributed by atoms with Gasteiger partial charge in [-0.15, -0.1) is 0 Å². The molecule has 2 aliphatic heterocycles. The highest BCUT2D eigenvalue weighted by molar-refractivity contribution is 6.32. The number of aromatic nitrogens is 1. The lowest BCUT2D eigenvalue weighted by atomic mass is 10.00.